The van der Waals surface area contributed by atoms with Gasteiger partial charge in [-0.1, -0.05) is 54.2 Å². The smallest absolute Gasteiger partial charge is 0.177 e. The molecule has 27 heavy (non-hydrogen) atoms. The molecule has 4 rings (SSSR count). The summed E-state index contributed by atoms with van der Waals surface area (Å²) in [4.78, 5) is 0. The maximum Gasteiger partial charge on any atom is 0.177 e. The van der Waals surface area contributed by atoms with Crippen LogP contribution < -0.4 is 11.1 Å². The Balaban J connectivity index is 1.66. The van der Waals surface area contributed by atoms with Gasteiger partial charge in [0.15, 0.2) is 5.84 Å². The molecule has 1 aromatic heterocycles. The lowest BCUT2D eigenvalue weighted by Crippen LogP contribution is -2.40. The van der Waals surface area contributed by atoms with Crippen molar-refractivity contribution < 1.29 is 0 Å². The average Bonchev–Trinajstić information content (AvgIpc) is 3.24. The van der Waals surface area contributed by atoms with E-state index in [1.165, 1.54) is 22.3 Å². The van der Waals surface area contributed by atoms with Crippen molar-refractivity contribution in [3.63, 3.8) is 0 Å². The molecule has 2 heterocycles. The first-order valence-corrected chi connectivity index (χ1v) is 9.24. The molecule has 2 aromatic carbocycles. The van der Waals surface area contributed by atoms with Crippen molar-refractivity contribution in [3.05, 3.63) is 81.1 Å². The average molecular weight is 379 g/mol. The summed E-state index contributed by atoms with van der Waals surface area (Å²) in [6.07, 6.45) is 1.90. The fraction of sp³-hybridized carbons (Fsp3) is 0.200. The van der Waals surface area contributed by atoms with Crippen molar-refractivity contribution in [3.8, 4) is 5.69 Å². The van der Waals surface area contributed by atoms with Gasteiger partial charge in [-0.15, -0.1) is 10.6 Å². The highest BCUT2D eigenvalue weighted by molar-refractivity contribution is 7.71. The van der Waals surface area contributed by atoms with E-state index in [0.29, 0.717) is 11.2 Å². The molecule has 0 unspecified atom stereocenters. The minimum atomic E-state index is 0.678. The normalized spacial score (nSPS) is 13.6. The van der Waals surface area contributed by atoms with Crippen molar-refractivity contribution >= 4 is 18.1 Å². The molecule has 1 aliphatic rings. The number of hydrazine groups is 2. The van der Waals surface area contributed by atoms with E-state index >= 15 is 0 Å². The van der Waals surface area contributed by atoms with Gasteiger partial charge in [0.2, 0.25) is 0 Å². The molecular formula is C20H22N6S. The van der Waals surface area contributed by atoms with E-state index < -0.39 is 0 Å². The maximum atomic E-state index is 5.75. The van der Waals surface area contributed by atoms with E-state index in [9.17, 15) is 0 Å². The zero-order valence-corrected chi connectivity index (χ0v) is 16.4. The summed E-state index contributed by atoms with van der Waals surface area (Å²) in [6.45, 7) is 6.98. The van der Waals surface area contributed by atoms with E-state index in [4.69, 9.17) is 12.2 Å². The van der Waals surface area contributed by atoms with Crippen LogP contribution in [0.3, 0.4) is 0 Å². The predicted molar refractivity (Wildman–Crippen MR) is 110 cm³/mol. The second-order valence-corrected chi connectivity index (χ2v) is 7.17. The lowest BCUT2D eigenvalue weighted by molar-refractivity contribution is 0.288. The number of aromatic amines is 1. The monoisotopic (exact) mass is 378 g/mol. The highest BCUT2D eigenvalue weighted by Gasteiger charge is 2.22. The Labute approximate surface area is 163 Å². The van der Waals surface area contributed by atoms with Crippen molar-refractivity contribution in [2.45, 2.75) is 27.3 Å². The summed E-state index contributed by atoms with van der Waals surface area (Å²) in [7, 11) is 0. The van der Waals surface area contributed by atoms with Gasteiger partial charge in [-0.2, -0.15) is 0 Å². The van der Waals surface area contributed by atoms with Gasteiger partial charge in [0, 0.05) is 6.20 Å². The predicted octanol–water partition coefficient (Wildman–Crippen LogP) is 3.65. The van der Waals surface area contributed by atoms with Gasteiger partial charge in [-0.05, 0) is 43.5 Å². The first kappa shape index (κ1) is 17.5. The van der Waals surface area contributed by atoms with Crippen molar-refractivity contribution in [2.75, 3.05) is 0 Å². The van der Waals surface area contributed by atoms with Crippen LogP contribution in [-0.2, 0) is 6.54 Å². The number of nitrogens with zero attached hydrogens (tertiary/aromatic N) is 3. The SMILES string of the molecule is Cc1cccc(CN2NNN=C2c2c[nH]n(-c3cccc(C)c3C)c2=S)c1. The summed E-state index contributed by atoms with van der Waals surface area (Å²) < 4.78 is 2.63. The molecule has 0 saturated carbocycles. The van der Waals surface area contributed by atoms with Crippen molar-refractivity contribution in [1.82, 2.24) is 25.9 Å². The minimum Gasteiger partial charge on any atom is -0.299 e. The zero-order chi connectivity index (χ0) is 19.0. The van der Waals surface area contributed by atoms with Crippen LogP contribution in [0, 0.1) is 25.4 Å². The Morgan fingerprint density at radius 3 is 2.70 bits per heavy atom. The van der Waals surface area contributed by atoms with Crippen LogP contribution in [0.1, 0.15) is 27.8 Å². The fourth-order valence-electron chi connectivity index (χ4n) is 3.25. The molecule has 7 heteroatoms. The van der Waals surface area contributed by atoms with Crippen LogP contribution in [-0.4, -0.2) is 20.6 Å². The molecule has 0 bridgehead atoms. The minimum absolute atomic E-state index is 0.678. The summed E-state index contributed by atoms with van der Waals surface area (Å²) in [6, 6.07) is 14.6. The van der Waals surface area contributed by atoms with E-state index in [0.717, 1.165) is 17.1 Å². The van der Waals surface area contributed by atoms with Crippen LogP contribution in [0.4, 0.5) is 0 Å². The largest absolute Gasteiger partial charge is 0.299 e. The fourth-order valence-corrected chi connectivity index (χ4v) is 3.55. The summed E-state index contributed by atoms with van der Waals surface area (Å²) in [5.41, 5.74) is 12.7. The van der Waals surface area contributed by atoms with Gasteiger partial charge in [0.25, 0.3) is 0 Å². The molecule has 138 valence electrons. The molecule has 1 aliphatic heterocycles. The second kappa shape index (κ2) is 7.02. The third-order valence-electron chi connectivity index (χ3n) is 4.85. The Morgan fingerprint density at radius 2 is 1.89 bits per heavy atom. The van der Waals surface area contributed by atoms with Crippen LogP contribution in [0.2, 0.25) is 0 Å². The Bertz CT molecular complexity index is 1080. The number of rotatable bonds is 4. The number of hydrazone groups is 1. The van der Waals surface area contributed by atoms with E-state index in [2.05, 4.69) is 78.4 Å². The van der Waals surface area contributed by atoms with Crippen LogP contribution in [0.5, 0.6) is 0 Å². The number of hydrogen-bond donors (Lipinski definition) is 3. The number of H-pyrrole nitrogens is 1. The van der Waals surface area contributed by atoms with Gasteiger partial charge < -0.3 is 0 Å². The molecule has 0 fully saturated rings. The second-order valence-electron chi connectivity index (χ2n) is 6.78. The summed E-state index contributed by atoms with van der Waals surface area (Å²) in [5.74, 6) is 0.766. The summed E-state index contributed by atoms with van der Waals surface area (Å²) in [5, 5.41) is 9.63. The molecule has 0 amide bonds. The number of aromatic nitrogens is 2. The third-order valence-corrected chi connectivity index (χ3v) is 5.26. The van der Waals surface area contributed by atoms with Gasteiger partial charge in [-0.25, -0.2) is 10.2 Å². The molecule has 0 saturated heterocycles. The molecule has 3 N–H and O–H groups in total. The van der Waals surface area contributed by atoms with E-state index in [-0.39, 0.29) is 0 Å². The Morgan fingerprint density at radius 1 is 1.07 bits per heavy atom. The number of hydrogen-bond acceptors (Lipinski definition) is 5. The van der Waals surface area contributed by atoms with E-state index in [1.54, 1.807) is 0 Å². The number of benzene rings is 2. The van der Waals surface area contributed by atoms with Gasteiger partial charge >= 0.3 is 0 Å². The van der Waals surface area contributed by atoms with E-state index in [1.807, 2.05) is 22.0 Å². The highest BCUT2D eigenvalue weighted by Crippen LogP contribution is 2.20. The zero-order valence-electron chi connectivity index (χ0n) is 15.6. The molecule has 6 nitrogen and oxygen atoms in total. The molecule has 0 atom stereocenters. The van der Waals surface area contributed by atoms with Crippen molar-refractivity contribution in [2.24, 2.45) is 5.10 Å². The standard InChI is InChI=1S/C20H22N6S/c1-13-6-4-8-16(10-13)12-25-19(22-23-24-25)17-11-21-26(20(17)27)18-9-5-7-14(2)15(18)3/h4-11,21,23-24H,12H2,1-3H3. The lowest BCUT2D eigenvalue weighted by atomic mass is 10.1. The van der Waals surface area contributed by atoms with Gasteiger partial charge in [0.1, 0.15) is 4.64 Å². The topological polar surface area (TPSA) is 60.4 Å². The van der Waals surface area contributed by atoms with Gasteiger partial charge in [0.05, 0.1) is 17.8 Å². The van der Waals surface area contributed by atoms with Crippen LogP contribution >= 0.6 is 12.2 Å². The Hall–Kier alpha value is -2.90. The van der Waals surface area contributed by atoms with Crippen molar-refractivity contribution in [1.29, 1.82) is 0 Å². The quantitative estimate of drug-likeness (QED) is 0.607. The van der Waals surface area contributed by atoms with Gasteiger partial charge in [-0.3, -0.25) is 10.1 Å². The van der Waals surface area contributed by atoms with Crippen LogP contribution in [0.25, 0.3) is 5.69 Å². The molecule has 0 radical (unpaired) electrons. The molecular weight excluding hydrogens is 356 g/mol. The molecule has 0 spiro atoms. The maximum absolute atomic E-state index is 5.75. The molecule has 3 aromatic rings. The number of nitrogens with one attached hydrogen (secondary N) is 3. The first-order valence-electron chi connectivity index (χ1n) is 8.83. The number of aryl methyl sites for hydroxylation is 2. The number of amidine groups is 1. The first-order chi connectivity index (χ1) is 13.0. The highest BCUT2D eigenvalue weighted by atomic mass is 32.1. The lowest BCUT2D eigenvalue weighted by Gasteiger charge is -2.18. The summed E-state index contributed by atoms with van der Waals surface area (Å²) >= 11 is 5.75. The van der Waals surface area contributed by atoms with Crippen LogP contribution in [0.15, 0.2) is 53.8 Å². The Kier molecular flexibility index (Phi) is 4.55. The third kappa shape index (κ3) is 3.27. The molecule has 0 aliphatic carbocycles.